The van der Waals surface area contributed by atoms with E-state index >= 15 is 0 Å². The van der Waals surface area contributed by atoms with Gasteiger partial charge in [0, 0.05) is 24.7 Å². The fourth-order valence-electron chi connectivity index (χ4n) is 4.95. The van der Waals surface area contributed by atoms with Gasteiger partial charge in [-0.05, 0) is 65.4 Å². The average Bonchev–Trinajstić information content (AvgIpc) is 3.60. The van der Waals surface area contributed by atoms with E-state index in [-0.39, 0.29) is 23.5 Å². The zero-order valence-electron chi connectivity index (χ0n) is 23.6. The van der Waals surface area contributed by atoms with Gasteiger partial charge in [-0.2, -0.15) is 5.10 Å². The van der Waals surface area contributed by atoms with Crippen LogP contribution in [-0.2, 0) is 23.7 Å². The highest BCUT2D eigenvalue weighted by molar-refractivity contribution is 6.09. The molecule has 1 atom stereocenters. The largest absolute Gasteiger partial charge is 0.459 e. The highest BCUT2D eigenvalue weighted by Gasteiger charge is 2.37. The van der Waals surface area contributed by atoms with Crippen LogP contribution in [0.3, 0.4) is 0 Å². The molecular weight excluding hydrogens is 519 g/mol. The van der Waals surface area contributed by atoms with Crippen LogP contribution in [-0.4, -0.2) is 28.1 Å². The molecule has 41 heavy (non-hydrogen) atoms. The summed E-state index contributed by atoms with van der Waals surface area (Å²) in [6, 6.07) is 23.6. The summed E-state index contributed by atoms with van der Waals surface area (Å²) >= 11 is 0. The molecule has 0 fully saturated rings. The highest BCUT2D eigenvalue weighted by atomic mass is 19.1. The van der Waals surface area contributed by atoms with Gasteiger partial charge in [-0.1, -0.05) is 63.2 Å². The molecule has 3 aromatic carbocycles. The summed E-state index contributed by atoms with van der Waals surface area (Å²) in [6.07, 6.45) is 1.85. The summed E-state index contributed by atoms with van der Waals surface area (Å²) < 4.78 is 20.9. The number of anilines is 1. The third-order valence-corrected chi connectivity index (χ3v) is 7.12. The van der Waals surface area contributed by atoms with Crippen LogP contribution in [0, 0.1) is 5.82 Å². The Bertz CT molecular complexity index is 1670. The summed E-state index contributed by atoms with van der Waals surface area (Å²) in [7, 11) is 1.81. The van der Waals surface area contributed by atoms with Crippen LogP contribution >= 0.6 is 0 Å². The summed E-state index contributed by atoms with van der Waals surface area (Å²) in [6.45, 7) is 6.59. The SMILES string of the molecule is Cn1nc(C(C(=O)NCCc2cccc(F)c2)N(C(=O)c2ccco2)c2ccc(C(C)(C)C)cc2)c2ccccc21. The molecule has 2 amide bonds. The number of carbonyl (C=O) groups excluding carboxylic acids is 2. The van der Waals surface area contributed by atoms with Crippen molar-refractivity contribution in [2.45, 2.75) is 38.6 Å². The highest BCUT2D eigenvalue weighted by Crippen LogP contribution is 2.34. The molecule has 1 unspecified atom stereocenters. The average molecular weight is 553 g/mol. The van der Waals surface area contributed by atoms with Crippen LogP contribution < -0.4 is 10.2 Å². The van der Waals surface area contributed by atoms with E-state index in [1.807, 2.05) is 61.6 Å². The van der Waals surface area contributed by atoms with Crippen molar-refractivity contribution in [2.24, 2.45) is 7.05 Å². The van der Waals surface area contributed by atoms with E-state index in [4.69, 9.17) is 9.52 Å². The number of amides is 2. The molecule has 5 aromatic rings. The second-order valence-electron chi connectivity index (χ2n) is 11.0. The predicted octanol–water partition coefficient (Wildman–Crippen LogP) is 6.35. The van der Waals surface area contributed by atoms with E-state index in [1.54, 1.807) is 22.9 Å². The van der Waals surface area contributed by atoms with Crippen molar-refractivity contribution in [1.82, 2.24) is 15.1 Å². The van der Waals surface area contributed by atoms with E-state index in [9.17, 15) is 14.0 Å². The van der Waals surface area contributed by atoms with Crippen molar-refractivity contribution in [3.8, 4) is 0 Å². The number of carbonyl (C=O) groups is 2. The van der Waals surface area contributed by atoms with Gasteiger partial charge in [0.15, 0.2) is 11.8 Å². The van der Waals surface area contributed by atoms with Crippen molar-refractivity contribution in [2.75, 3.05) is 11.4 Å². The molecule has 0 aliphatic rings. The summed E-state index contributed by atoms with van der Waals surface area (Å²) in [5.41, 5.74) is 3.54. The Morgan fingerprint density at radius 2 is 1.76 bits per heavy atom. The Balaban J connectivity index is 1.60. The number of benzene rings is 3. The minimum absolute atomic E-state index is 0.0980. The van der Waals surface area contributed by atoms with E-state index in [1.165, 1.54) is 23.3 Å². The first-order chi connectivity index (χ1) is 19.6. The van der Waals surface area contributed by atoms with Crippen LogP contribution in [0.15, 0.2) is 95.6 Å². The molecule has 0 aliphatic carbocycles. The number of furan rings is 1. The molecule has 0 saturated heterocycles. The first kappa shape index (κ1) is 27.8. The number of halogens is 1. The van der Waals surface area contributed by atoms with Gasteiger partial charge in [0.25, 0.3) is 5.91 Å². The normalized spacial score (nSPS) is 12.3. The van der Waals surface area contributed by atoms with Crippen molar-refractivity contribution in [3.63, 3.8) is 0 Å². The molecule has 210 valence electrons. The number of rotatable bonds is 8. The van der Waals surface area contributed by atoms with Crippen molar-refractivity contribution in [3.05, 3.63) is 120 Å². The number of fused-ring (bicyclic) bond motifs is 1. The molecule has 2 aromatic heterocycles. The zero-order chi connectivity index (χ0) is 29.1. The minimum atomic E-state index is -1.12. The van der Waals surface area contributed by atoms with E-state index in [0.717, 1.165) is 22.0 Å². The first-order valence-electron chi connectivity index (χ1n) is 13.5. The number of aromatic nitrogens is 2. The van der Waals surface area contributed by atoms with Crippen LogP contribution in [0.5, 0.6) is 0 Å². The Labute approximate surface area is 238 Å². The van der Waals surface area contributed by atoms with Gasteiger partial charge in [-0.15, -0.1) is 0 Å². The van der Waals surface area contributed by atoms with Gasteiger partial charge in [-0.25, -0.2) is 4.39 Å². The van der Waals surface area contributed by atoms with Gasteiger partial charge in [0.1, 0.15) is 11.5 Å². The Morgan fingerprint density at radius 3 is 2.44 bits per heavy atom. The molecular formula is C33H33FN4O3. The van der Waals surface area contributed by atoms with Crippen molar-refractivity contribution >= 4 is 28.4 Å². The van der Waals surface area contributed by atoms with E-state index < -0.39 is 17.9 Å². The Hall–Kier alpha value is -4.72. The number of hydrogen-bond donors (Lipinski definition) is 1. The number of nitrogens with zero attached hydrogens (tertiary/aromatic N) is 3. The molecule has 2 heterocycles. The van der Waals surface area contributed by atoms with Crippen molar-refractivity contribution < 1.29 is 18.4 Å². The minimum Gasteiger partial charge on any atom is -0.459 e. The standard InChI is InChI=1S/C33H33FN4O3/c1-33(2,3)23-14-16-25(17-15-23)38(32(40)28-13-8-20-41-28)30(29-26-11-5-6-12-27(26)37(4)36-29)31(39)35-19-18-22-9-7-10-24(34)21-22/h5-17,20-21,30H,18-19H2,1-4H3,(H,35,39). The molecule has 0 saturated carbocycles. The number of nitrogens with one attached hydrogen (secondary N) is 1. The topological polar surface area (TPSA) is 80.4 Å². The lowest BCUT2D eigenvalue weighted by molar-refractivity contribution is -0.122. The Morgan fingerprint density at radius 1 is 1.00 bits per heavy atom. The fourth-order valence-corrected chi connectivity index (χ4v) is 4.95. The third-order valence-electron chi connectivity index (χ3n) is 7.12. The lowest BCUT2D eigenvalue weighted by atomic mass is 9.87. The van der Waals surface area contributed by atoms with E-state index in [2.05, 4.69) is 26.1 Å². The monoisotopic (exact) mass is 552 g/mol. The molecule has 0 spiro atoms. The van der Waals surface area contributed by atoms with Crippen molar-refractivity contribution in [1.29, 1.82) is 0 Å². The summed E-state index contributed by atoms with van der Waals surface area (Å²) in [5.74, 6) is -1.12. The smallest absolute Gasteiger partial charge is 0.295 e. The molecule has 7 nitrogen and oxygen atoms in total. The fraction of sp³-hybridized carbons (Fsp3) is 0.242. The van der Waals surface area contributed by atoms with Crippen LogP contribution in [0.4, 0.5) is 10.1 Å². The predicted molar refractivity (Wildman–Crippen MR) is 157 cm³/mol. The van der Waals surface area contributed by atoms with Gasteiger partial charge < -0.3 is 9.73 Å². The van der Waals surface area contributed by atoms with Gasteiger partial charge in [-0.3, -0.25) is 19.2 Å². The lowest BCUT2D eigenvalue weighted by Crippen LogP contribution is -2.44. The molecule has 0 bridgehead atoms. The summed E-state index contributed by atoms with van der Waals surface area (Å²) in [5, 5.41) is 8.47. The molecule has 8 heteroatoms. The van der Waals surface area contributed by atoms with Crippen LogP contribution in [0.1, 0.15) is 54.2 Å². The number of para-hydroxylation sites is 1. The zero-order valence-corrected chi connectivity index (χ0v) is 23.6. The second-order valence-corrected chi connectivity index (χ2v) is 11.0. The van der Waals surface area contributed by atoms with Gasteiger partial charge in [0.2, 0.25) is 5.91 Å². The number of hydrogen-bond acceptors (Lipinski definition) is 4. The van der Waals surface area contributed by atoms with Crippen LogP contribution in [0.2, 0.25) is 0 Å². The van der Waals surface area contributed by atoms with E-state index in [0.29, 0.717) is 17.8 Å². The number of aryl methyl sites for hydroxylation is 1. The molecule has 5 rings (SSSR count). The maximum atomic E-state index is 14.1. The quantitative estimate of drug-likeness (QED) is 0.243. The maximum Gasteiger partial charge on any atom is 0.295 e. The van der Waals surface area contributed by atoms with Gasteiger partial charge >= 0.3 is 0 Å². The second kappa shape index (κ2) is 11.4. The lowest BCUT2D eigenvalue weighted by Gasteiger charge is -2.30. The third kappa shape index (κ3) is 5.91. The maximum absolute atomic E-state index is 14.1. The molecule has 1 N–H and O–H groups in total. The molecule has 0 radical (unpaired) electrons. The van der Waals surface area contributed by atoms with Gasteiger partial charge in [0.05, 0.1) is 11.8 Å². The Kier molecular flexibility index (Phi) is 7.75. The molecule has 0 aliphatic heterocycles. The van der Waals surface area contributed by atoms with Crippen LogP contribution in [0.25, 0.3) is 10.9 Å². The summed E-state index contributed by atoms with van der Waals surface area (Å²) in [4.78, 5) is 29.6. The first-order valence-corrected chi connectivity index (χ1v) is 13.5.